The zero-order chi connectivity index (χ0) is 14.5. The molecule has 2 aromatic carbocycles. The van der Waals surface area contributed by atoms with Gasteiger partial charge in [-0.3, -0.25) is 0 Å². The molecule has 0 bridgehead atoms. The molecule has 2 atom stereocenters. The third kappa shape index (κ3) is 3.72. The van der Waals surface area contributed by atoms with E-state index in [0.717, 1.165) is 32.5 Å². The molecule has 1 aliphatic rings. The molecule has 1 heterocycles. The van der Waals surface area contributed by atoms with E-state index in [0.29, 0.717) is 12.0 Å². The summed E-state index contributed by atoms with van der Waals surface area (Å²) in [5.41, 5.74) is 9.16. The molecule has 2 aromatic rings. The van der Waals surface area contributed by atoms with Crippen LogP contribution in [0, 0.1) is 0 Å². The Morgan fingerprint density at radius 3 is 2.33 bits per heavy atom. The van der Waals surface area contributed by atoms with E-state index in [4.69, 9.17) is 5.73 Å². The van der Waals surface area contributed by atoms with Crippen LogP contribution in [0.5, 0.6) is 0 Å². The van der Waals surface area contributed by atoms with Gasteiger partial charge in [0.05, 0.1) is 0 Å². The normalized spacial score (nSPS) is 23.1. The Balaban J connectivity index is 1.61. The predicted octanol–water partition coefficient (Wildman–Crippen LogP) is 3.05. The molecule has 0 radical (unpaired) electrons. The van der Waals surface area contributed by atoms with Gasteiger partial charge in [0.1, 0.15) is 0 Å². The summed E-state index contributed by atoms with van der Waals surface area (Å²) < 4.78 is 0. The topological polar surface area (TPSA) is 29.3 Å². The van der Waals surface area contributed by atoms with E-state index in [1.54, 1.807) is 0 Å². The van der Waals surface area contributed by atoms with E-state index in [1.165, 1.54) is 11.1 Å². The average molecular weight is 280 g/mol. The van der Waals surface area contributed by atoms with Gasteiger partial charge in [0.15, 0.2) is 0 Å². The van der Waals surface area contributed by atoms with Crippen molar-refractivity contribution in [2.45, 2.75) is 24.8 Å². The standard InChI is InChI=1S/C19H24N2/c20-19-12-14-21(13-11-16-7-3-1-4-8-16)15-18(19)17-9-5-2-6-10-17/h1-10,18-19H,11-15,20H2. The highest BCUT2D eigenvalue weighted by Gasteiger charge is 2.27. The van der Waals surface area contributed by atoms with Crippen LogP contribution in [0.4, 0.5) is 0 Å². The van der Waals surface area contributed by atoms with Gasteiger partial charge >= 0.3 is 0 Å². The number of benzene rings is 2. The maximum Gasteiger partial charge on any atom is 0.0132 e. The molecular formula is C19H24N2. The van der Waals surface area contributed by atoms with Crippen LogP contribution >= 0.6 is 0 Å². The molecule has 0 spiro atoms. The van der Waals surface area contributed by atoms with E-state index in [-0.39, 0.29) is 0 Å². The van der Waals surface area contributed by atoms with Gasteiger partial charge in [-0.15, -0.1) is 0 Å². The minimum absolute atomic E-state index is 0.292. The van der Waals surface area contributed by atoms with Crippen LogP contribution in [0.15, 0.2) is 60.7 Å². The Labute approximate surface area is 127 Å². The second-order valence-electron chi connectivity index (χ2n) is 6.01. The van der Waals surface area contributed by atoms with Crippen molar-refractivity contribution in [3.05, 3.63) is 71.8 Å². The van der Waals surface area contributed by atoms with E-state index < -0.39 is 0 Å². The SMILES string of the molecule is NC1CCN(CCc2ccccc2)CC1c1ccccc1. The predicted molar refractivity (Wildman–Crippen MR) is 88.4 cm³/mol. The molecule has 2 nitrogen and oxygen atoms in total. The van der Waals surface area contributed by atoms with Gasteiger partial charge in [0, 0.05) is 25.0 Å². The summed E-state index contributed by atoms with van der Waals surface area (Å²) >= 11 is 0. The van der Waals surface area contributed by atoms with Gasteiger partial charge in [0.2, 0.25) is 0 Å². The molecule has 2 N–H and O–H groups in total. The number of rotatable bonds is 4. The zero-order valence-electron chi connectivity index (χ0n) is 12.5. The van der Waals surface area contributed by atoms with Crippen LogP contribution in [0.1, 0.15) is 23.5 Å². The maximum atomic E-state index is 6.35. The lowest BCUT2D eigenvalue weighted by Gasteiger charge is -2.37. The Kier molecular flexibility index (Phi) is 4.69. The first-order chi connectivity index (χ1) is 10.3. The number of hydrogen-bond acceptors (Lipinski definition) is 2. The molecule has 0 aliphatic carbocycles. The number of nitrogens with zero attached hydrogens (tertiary/aromatic N) is 1. The van der Waals surface area contributed by atoms with Crippen molar-refractivity contribution < 1.29 is 0 Å². The van der Waals surface area contributed by atoms with Crippen molar-refractivity contribution >= 4 is 0 Å². The van der Waals surface area contributed by atoms with E-state index >= 15 is 0 Å². The summed E-state index contributed by atoms with van der Waals surface area (Å²) in [6.45, 7) is 3.33. The Bertz CT molecular complexity index is 538. The zero-order valence-corrected chi connectivity index (χ0v) is 12.5. The molecule has 0 saturated carbocycles. The lowest BCUT2D eigenvalue weighted by Crippen LogP contribution is -2.46. The first-order valence-electron chi connectivity index (χ1n) is 7.90. The monoisotopic (exact) mass is 280 g/mol. The highest BCUT2D eigenvalue weighted by molar-refractivity contribution is 5.22. The molecule has 2 unspecified atom stereocenters. The van der Waals surface area contributed by atoms with Crippen molar-refractivity contribution in [2.24, 2.45) is 5.73 Å². The van der Waals surface area contributed by atoms with Gasteiger partial charge in [-0.05, 0) is 30.5 Å². The summed E-state index contributed by atoms with van der Waals surface area (Å²) in [7, 11) is 0. The number of hydrogen-bond donors (Lipinski definition) is 1. The summed E-state index contributed by atoms with van der Waals surface area (Å²) in [5, 5.41) is 0. The van der Waals surface area contributed by atoms with Gasteiger partial charge in [-0.1, -0.05) is 60.7 Å². The van der Waals surface area contributed by atoms with Gasteiger partial charge < -0.3 is 10.6 Å². The fourth-order valence-corrected chi connectivity index (χ4v) is 3.23. The Morgan fingerprint density at radius 2 is 1.62 bits per heavy atom. The minimum atomic E-state index is 0.292. The number of piperidine rings is 1. The molecular weight excluding hydrogens is 256 g/mol. The van der Waals surface area contributed by atoms with Crippen LogP contribution in [-0.2, 0) is 6.42 Å². The third-order valence-electron chi connectivity index (χ3n) is 4.54. The van der Waals surface area contributed by atoms with Crippen LogP contribution in [-0.4, -0.2) is 30.6 Å². The highest BCUT2D eigenvalue weighted by Crippen LogP contribution is 2.26. The number of likely N-dealkylation sites (tertiary alicyclic amines) is 1. The lowest BCUT2D eigenvalue weighted by atomic mass is 9.86. The quantitative estimate of drug-likeness (QED) is 0.932. The minimum Gasteiger partial charge on any atom is -0.327 e. The highest BCUT2D eigenvalue weighted by atomic mass is 15.1. The van der Waals surface area contributed by atoms with Gasteiger partial charge in [-0.25, -0.2) is 0 Å². The summed E-state index contributed by atoms with van der Waals surface area (Å²) in [4.78, 5) is 2.56. The molecule has 1 saturated heterocycles. The third-order valence-corrected chi connectivity index (χ3v) is 4.54. The molecule has 2 heteroatoms. The molecule has 1 aliphatic heterocycles. The fraction of sp³-hybridized carbons (Fsp3) is 0.368. The van der Waals surface area contributed by atoms with Gasteiger partial charge in [-0.2, -0.15) is 0 Å². The average Bonchev–Trinajstić information content (AvgIpc) is 2.56. The second-order valence-corrected chi connectivity index (χ2v) is 6.01. The number of nitrogens with two attached hydrogens (primary N) is 1. The lowest BCUT2D eigenvalue weighted by molar-refractivity contribution is 0.192. The molecule has 21 heavy (non-hydrogen) atoms. The maximum absolute atomic E-state index is 6.35. The fourth-order valence-electron chi connectivity index (χ4n) is 3.23. The largest absolute Gasteiger partial charge is 0.327 e. The van der Waals surface area contributed by atoms with Crippen LogP contribution in [0.3, 0.4) is 0 Å². The van der Waals surface area contributed by atoms with Crippen LogP contribution in [0.2, 0.25) is 0 Å². The van der Waals surface area contributed by atoms with Crippen molar-refractivity contribution in [3.63, 3.8) is 0 Å². The Morgan fingerprint density at radius 1 is 0.952 bits per heavy atom. The first-order valence-corrected chi connectivity index (χ1v) is 7.90. The molecule has 0 amide bonds. The van der Waals surface area contributed by atoms with E-state index in [1.807, 2.05) is 0 Å². The summed E-state index contributed by atoms with van der Waals surface area (Å²) in [6, 6.07) is 21.8. The van der Waals surface area contributed by atoms with Crippen molar-refractivity contribution in [1.29, 1.82) is 0 Å². The van der Waals surface area contributed by atoms with Crippen molar-refractivity contribution in [1.82, 2.24) is 4.90 Å². The smallest absolute Gasteiger partial charge is 0.0132 e. The summed E-state index contributed by atoms with van der Waals surface area (Å²) in [5.74, 6) is 0.468. The molecule has 1 fully saturated rings. The van der Waals surface area contributed by atoms with Crippen LogP contribution in [0.25, 0.3) is 0 Å². The first kappa shape index (κ1) is 14.3. The molecule has 0 aromatic heterocycles. The van der Waals surface area contributed by atoms with Crippen LogP contribution < -0.4 is 5.73 Å². The molecule has 110 valence electrons. The second kappa shape index (κ2) is 6.88. The summed E-state index contributed by atoms with van der Waals surface area (Å²) in [6.07, 6.45) is 2.21. The van der Waals surface area contributed by atoms with Crippen molar-refractivity contribution in [2.75, 3.05) is 19.6 Å². The van der Waals surface area contributed by atoms with E-state index in [2.05, 4.69) is 65.6 Å². The Hall–Kier alpha value is -1.64. The van der Waals surface area contributed by atoms with Crippen molar-refractivity contribution in [3.8, 4) is 0 Å². The molecule has 3 rings (SSSR count). The van der Waals surface area contributed by atoms with Gasteiger partial charge in [0.25, 0.3) is 0 Å². The van der Waals surface area contributed by atoms with E-state index in [9.17, 15) is 0 Å².